The number of para-hydroxylation sites is 2. The highest BCUT2D eigenvalue weighted by atomic mass is 31.2. The smallest absolute Gasteiger partial charge is 0.462 e. The van der Waals surface area contributed by atoms with Crippen LogP contribution < -0.4 is 9.47 Å². The first-order valence-corrected chi connectivity index (χ1v) is 45.2. The fourth-order valence-electron chi connectivity index (χ4n) is 8.37. The second-order valence-corrected chi connectivity index (χ2v) is 50.1. The predicted molar refractivity (Wildman–Crippen MR) is 348 cm³/mol. The Morgan fingerprint density at radius 3 is 0.893 bits per heavy atom. The van der Waals surface area contributed by atoms with Gasteiger partial charge in [0.25, 0.3) is 0 Å². The van der Waals surface area contributed by atoms with E-state index in [-0.39, 0.29) is 20.2 Å². The topological polar surface area (TPSA) is 192 Å². The number of fused-ring (bicyclic) bond motifs is 2. The normalized spacial score (nSPS) is 29.0. The molecular weight excluding hydrogens is 1180 g/mol. The standard InChI is InChI=1S/C48H86O16P2Si4.2C6H15N/c1-45(2,3)67(13,14)61-39-37-35(57-43(55-33-27-23-21-24-28-33)41(39)63-69(17,18)47(7,8)9)31-53-66(51,52)60-38-36(32-54-65(49,50)59-37)58-44(56-34-29-25-22-26-30-34)42(64-70(19,20)48(10,11)12)40(38)62-68(15,16)46(4,5)6;2*1-4-7(5-2)6-3/h21-30,35-44H,31-32H2,1-20H3,(H,49,50)(H,51,52);2*4-6H2,1-3H3/t35-,36-,37-,38-,39+,40+,41-,42-,43-,44-;;/m1../s1. The summed E-state index contributed by atoms with van der Waals surface area (Å²) >= 11 is 0. The van der Waals surface area contributed by atoms with Gasteiger partial charge >= 0.3 is 15.6 Å². The number of ether oxygens (including phenoxy) is 4. The van der Waals surface area contributed by atoms with Crippen molar-refractivity contribution in [2.24, 2.45) is 0 Å². The van der Waals surface area contributed by atoms with Crippen LogP contribution in [0.5, 0.6) is 11.5 Å². The fourth-order valence-corrected chi connectivity index (χ4v) is 15.4. The van der Waals surface area contributed by atoms with Gasteiger partial charge in [0.05, 0.1) is 13.2 Å². The quantitative estimate of drug-likeness (QED) is 0.106. The van der Waals surface area contributed by atoms with Crippen molar-refractivity contribution in [3.05, 3.63) is 60.7 Å². The highest BCUT2D eigenvalue weighted by Gasteiger charge is 2.60. The SMILES string of the molecule is CC(C)(C)[Si](C)(C)O[C@@H]1[C@@H](O[Si](C)(C)C(C)(C)C)[C@H](Oc2ccccc2)O[C@@H]2COP(=O)(O)O[C@H]3[C@H](O[Si](C)(C)C(C)(C)C)[C@@H](O[Si](C)(C)C(C)(C)C)[C@H](Oc4ccccc4)O[C@@H]3COP(=O)(O)O[C@@H]12.CCN(CC)CC.CCN(CC)CC. The number of nitrogens with zero attached hydrogens (tertiary/aromatic N) is 2. The van der Waals surface area contributed by atoms with Crippen molar-refractivity contribution in [3.63, 3.8) is 0 Å². The molecule has 18 nitrogen and oxygen atoms in total. The Labute approximate surface area is 513 Å². The molecule has 0 aromatic heterocycles. The van der Waals surface area contributed by atoms with E-state index in [0.717, 1.165) is 0 Å². The molecule has 12 atom stereocenters. The van der Waals surface area contributed by atoms with Crippen LogP contribution >= 0.6 is 15.6 Å². The van der Waals surface area contributed by atoms with Gasteiger partial charge in [0.15, 0.2) is 33.3 Å². The third-order valence-electron chi connectivity index (χ3n) is 18.1. The zero-order chi connectivity index (χ0) is 64.3. The van der Waals surface area contributed by atoms with Crippen LogP contribution in [0.1, 0.15) is 125 Å². The van der Waals surface area contributed by atoms with E-state index in [4.69, 9.17) is 54.7 Å². The van der Waals surface area contributed by atoms with Gasteiger partial charge < -0.3 is 56.2 Å². The summed E-state index contributed by atoms with van der Waals surface area (Å²) in [6.45, 7) is 60.3. The Bertz CT molecular complexity index is 2170. The van der Waals surface area contributed by atoms with Crippen LogP contribution in [-0.4, -0.2) is 167 Å². The lowest BCUT2D eigenvalue weighted by Gasteiger charge is -2.53. The molecule has 5 rings (SSSR count). The van der Waals surface area contributed by atoms with Crippen LogP contribution in [0, 0.1) is 0 Å². The molecule has 0 bridgehead atoms. The molecule has 2 unspecified atom stereocenters. The summed E-state index contributed by atoms with van der Waals surface area (Å²) in [5.41, 5.74) is 0. The van der Waals surface area contributed by atoms with E-state index in [0.29, 0.717) is 11.5 Å². The molecule has 2 aromatic carbocycles. The van der Waals surface area contributed by atoms with Crippen molar-refractivity contribution in [2.75, 3.05) is 52.5 Å². The van der Waals surface area contributed by atoms with Gasteiger partial charge in [-0.15, -0.1) is 0 Å². The molecule has 2 N–H and O–H groups in total. The molecule has 24 heteroatoms. The van der Waals surface area contributed by atoms with Crippen LogP contribution in [0.25, 0.3) is 0 Å². The van der Waals surface area contributed by atoms with Gasteiger partial charge in [0.2, 0.25) is 12.6 Å². The van der Waals surface area contributed by atoms with Crippen molar-refractivity contribution in [2.45, 2.75) is 259 Å². The Balaban J connectivity index is 0.00000117. The third-order valence-corrected chi connectivity index (χ3v) is 38.0. The molecule has 0 aliphatic carbocycles. The second kappa shape index (κ2) is 31.2. The van der Waals surface area contributed by atoms with Crippen molar-refractivity contribution in [1.82, 2.24) is 9.80 Å². The van der Waals surface area contributed by atoms with E-state index < -0.39 is 124 Å². The molecule has 3 heterocycles. The first kappa shape index (κ1) is 77.1. The van der Waals surface area contributed by atoms with Crippen molar-refractivity contribution < 1.29 is 73.7 Å². The van der Waals surface area contributed by atoms with E-state index in [1.54, 1.807) is 24.3 Å². The van der Waals surface area contributed by atoms with Gasteiger partial charge in [-0.05, 0) is 136 Å². The first-order chi connectivity index (χ1) is 38.4. The maximum Gasteiger partial charge on any atom is 0.472 e. The zero-order valence-electron chi connectivity index (χ0n) is 56.6. The number of phosphoric ester groups is 2. The number of benzene rings is 2. The molecule has 3 aliphatic rings. The number of hydrogen-bond acceptors (Lipinski definition) is 16. The maximum atomic E-state index is 14.8. The third kappa shape index (κ3) is 22.0. The van der Waals surface area contributed by atoms with Crippen LogP contribution in [-0.2, 0) is 54.4 Å². The number of phosphoric acid groups is 2. The Kier molecular flexibility index (Phi) is 28.6. The van der Waals surface area contributed by atoms with Gasteiger partial charge in [0.1, 0.15) is 60.3 Å². The molecule has 0 spiro atoms. The Hall–Kier alpha value is -1.19. The number of rotatable bonds is 18. The Morgan fingerprint density at radius 1 is 0.440 bits per heavy atom. The summed E-state index contributed by atoms with van der Waals surface area (Å²) in [6.07, 6.45) is -12.6. The highest BCUT2D eigenvalue weighted by Crippen LogP contribution is 2.55. The molecule has 3 saturated heterocycles. The minimum Gasteiger partial charge on any atom is -0.462 e. The van der Waals surface area contributed by atoms with Gasteiger partial charge in [-0.1, -0.05) is 161 Å². The summed E-state index contributed by atoms with van der Waals surface area (Å²) in [5, 5.41) is -1.35. The summed E-state index contributed by atoms with van der Waals surface area (Å²) in [6, 6.07) is 18.0. The first-order valence-electron chi connectivity index (χ1n) is 30.6. The lowest BCUT2D eigenvalue weighted by Crippen LogP contribution is -2.67. The average molecular weight is 1300 g/mol. The zero-order valence-corrected chi connectivity index (χ0v) is 62.4. The molecule has 3 fully saturated rings. The van der Waals surface area contributed by atoms with Crippen molar-refractivity contribution in [3.8, 4) is 11.5 Å². The summed E-state index contributed by atoms with van der Waals surface area (Å²) < 4.78 is 109. The molecule has 84 heavy (non-hydrogen) atoms. The maximum absolute atomic E-state index is 14.8. The van der Waals surface area contributed by atoms with E-state index >= 15 is 0 Å². The van der Waals surface area contributed by atoms with E-state index in [9.17, 15) is 18.9 Å². The largest absolute Gasteiger partial charge is 0.472 e. The van der Waals surface area contributed by atoms with Gasteiger partial charge in [-0.25, -0.2) is 9.13 Å². The van der Waals surface area contributed by atoms with E-state index in [1.807, 2.05) is 62.6 Å². The molecule has 488 valence electrons. The summed E-state index contributed by atoms with van der Waals surface area (Å²) in [4.78, 5) is 28.8. The van der Waals surface area contributed by atoms with Crippen molar-refractivity contribution >= 4 is 48.9 Å². The van der Waals surface area contributed by atoms with Crippen LogP contribution in [0.4, 0.5) is 0 Å². The monoisotopic (exact) mass is 1290 g/mol. The summed E-state index contributed by atoms with van der Waals surface area (Å²) in [5.74, 6) is 0.895. The lowest BCUT2D eigenvalue weighted by molar-refractivity contribution is -0.276. The van der Waals surface area contributed by atoms with Crippen LogP contribution in [0.2, 0.25) is 72.5 Å². The Morgan fingerprint density at radius 2 is 0.679 bits per heavy atom. The van der Waals surface area contributed by atoms with Gasteiger partial charge in [-0.3, -0.25) is 18.1 Å². The highest BCUT2D eigenvalue weighted by molar-refractivity contribution is 7.47. The molecule has 3 aliphatic heterocycles. The second-order valence-electron chi connectivity index (χ2n) is 28.2. The lowest BCUT2D eigenvalue weighted by atomic mass is 9.99. The molecule has 0 saturated carbocycles. The van der Waals surface area contributed by atoms with Gasteiger partial charge in [-0.2, -0.15) is 0 Å². The van der Waals surface area contributed by atoms with Crippen LogP contribution in [0.15, 0.2) is 60.7 Å². The van der Waals surface area contributed by atoms with E-state index in [1.165, 1.54) is 39.3 Å². The molecule has 2 aromatic rings. The fraction of sp³-hybridized carbons (Fsp3) is 0.800. The molecule has 0 radical (unpaired) electrons. The minimum absolute atomic E-state index is 0.311. The summed E-state index contributed by atoms with van der Waals surface area (Å²) in [7, 11) is -21.4. The van der Waals surface area contributed by atoms with Crippen LogP contribution in [0.3, 0.4) is 0 Å². The van der Waals surface area contributed by atoms with E-state index in [2.05, 4.69) is 161 Å². The van der Waals surface area contributed by atoms with Gasteiger partial charge in [0, 0.05) is 0 Å². The predicted octanol–water partition coefficient (Wildman–Crippen LogP) is 14.9. The number of hydrogen-bond donors (Lipinski definition) is 2. The average Bonchev–Trinajstić information content (AvgIpc) is 3.54. The van der Waals surface area contributed by atoms with Crippen molar-refractivity contribution in [1.29, 1.82) is 0 Å². The molecule has 0 amide bonds. The molecular formula is C60H116N2O16P2Si4. The minimum atomic E-state index is -5.16.